The molecule has 0 aliphatic heterocycles. The number of hydrogen-bond acceptors (Lipinski definition) is 4. The van der Waals surface area contributed by atoms with E-state index in [0.717, 1.165) is 6.07 Å². The second-order valence-electron chi connectivity index (χ2n) is 4.08. The molecule has 0 bridgehead atoms. The Labute approximate surface area is 126 Å². The van der Waals surface area contributed by atoms with Gasteiger partial charge in [0.2, 0.25) is 10.0 Å². The molecule has 2 rings (SSSR count). The minimum absolute atomic E-state index is 0.0279. The van der Waals surface area contributed by atoms with E-state index in [2.05, 4.69) is 4.72 Å². The topological polar surface area (TPSA) is 81.4 Å². The summed E-state index contributed by atoms with van der Waals surface area (Å²) in [6, 6.07) is 7.77. The maximum atomic E-state index is 12.9. The number of rotatable bonds is 4. The zero-order valence-electron chi connectivity index (χ0n) is 10.9. The van der Waals surface area contributed by atoms with Crippen molar-refractivity contribution in [3.63, 3.8) is 0 Å². The Bertz CT molecular complexity index is 781. The number of sulfonamides is 1. The number of ether oxygens (including phenoxy) is 1. The molecule has 0 amide bonds. The molecule has 0 aliphatic rings. The van der Waals surface area contributed by atoms with E-state index in [-0.39, 0.29) is 27.1 Å². The number of halogens is 2. The lowest BCUT2D eigenvalue weighted by molar-refractivity contribution is 0.480. The van der Waals surface area contributed by atoms with Gasteiger partial charge in [-0.05, 0) is 37.4 Å². The Morgan fingerprint density at radius 1 is 1.24 bits per heavy atom. The molecule has 0 saturated carbocycles. The van der Waals surface area contributed by atoms with Crippen molar-refractivity contribution in [3.05, 3.63) is 47.2 Å². The van der Waals surface area contributed by atoms with E-state index in [1.807, 2.05) is 0 Å². The molecule has 8 heteroatoms. The molecular formula is C13H12ClFN2O3S. The molecule has 112 valence electrons. The van der Waals surface area contributed by atoms with Gasteiger partial charge in [0.05, 0.1) is 10.7 Å². The number of nitrogen functional groups attached to an aromatic ring is 1. The van der Waals surface area contributed by atoms with Crippen LogP contribution in [-0.2, 0) is 10.0 Å². The highest BCUT2D eigenvalue weighted by Crippen LogP contribution is 2.32. The van der Waals surface area contributed by atoms with Crippen molar-refractivity contribution in [2.24, 2.45) is 0 Å². The zero-order valence-corrected chi connectivity index (χ0v) is 12.5. The monoisotopic (exact) mass is 330 g/mol. The molecule has 21 heavy (non-hydrogen) atoms. The third kappa shape index (κ3) is 3.44. The molecule has 2 aromatic rings. The van der Waals surface area contributed by atoms with Crippen molar-refractivity contribution in [2.45, 2.75) is 4.90 Å². The van der Waals surface area contributed by atoms with E-state index in [0.29, 0.717) is 0 Å². The molecule has 0 atom stereocenters. The first-order chi connectivity index (χ1) is 9.83. The van der Waals surface area contributed by atoms with Crippen LogP contribution in [0.3, 0.4) is 0 Å². The van der Waals surface area contributed by atoms with Crippen LogP contribution in [0.2, 0.25) is 5.02 Å². The van der Waals surface area contributed by atoms with Gasteiger partial charge in [0, 0.05) is 6.07 Å². The van der Waals surface area contributed by atoms with Gasteiger partial charge in [-0.3, -0.25) is 0 Å². The fourth-order valence-electron chi connectivity index (χ4n) is 1.63. The van der Waals surface area contributed by atoms with Crippen molar-refractivity contribution in [3.8, 4) is 11.5 Å². The fraction of sp³-hybridized carbons (Fsp3) is 0.0769. The van der Waals surface area contributed by atoms with Crippen LogP contribution in [0.25, 0.3) is 0 Å². The maximum Gasteiger partial charge on any atom is 0.242 e. The highest BCUT2D eigenvalue weighted by Gasteiger charge is 2.16. The van der Waals surface area contributed by atoms with Crippen LogP contribution in [0, 0.1) is 5.82 Å². The number of nitrogens with two attached hydrogens (primary N) is 1. The molecule has 0 saturated heterocycles. The van der Waals surface area contributed by atoms with Crippen molar-refractivity contribution >= 4 is 27.3 Å². The molecule has 0 aliphatic carbocycles. The largest absolute Gasteiger partial charge is 0.456 e. The van der Waals surface area contributed by atoms with E-state index < -0.39 is 15.8 Å². The first kappa shape index (κ1) is 15.6. The minimum atomic E-state index is -3.64. The molecule has 3 N–H and O–H groups in total. The SMILES string of the molecule is CNS(=O)(=O)c1ccc(Oc2ccc(F)cc2Cl)cc1N. The molecule has 0 aromatic heterocycles. The summed E-state index contributed by atoms with van der Waals surface area (Å²) >= 11 is 5.84. The molecule has 0 fully saturated rings. The summed E-state index contributed by atoms with van der Waals surface area (Å²) in [6.45, 7) is 0. The van der Waals surface area contributed by atoms with Crippen LogP contribution in [-0.4, -0.2) is 15.5 Å². The van der Waals surface area contributed by atoms with Gasteiger partial charge in [0.1, 0.15) is 22.2 Å². The van der Waals surface area contributed by atoms with Crippen LogP contribution >= 0.6 is 11.6 Å². The van der Waals surface area contributed by atoms with Crippen LogP contribution in [0.15, 0.2) is 41.3 Å². The maximum absolute atomic E-state index is 12.9. The Morgan fingerprint density at radius 3 is 2.52 bits per heavy atom. The quantitative estimate of drug-likeness (QED) is 0.845. The first-order valence-corrected chi connectivity index (χ1v) is 7.65. The molecule has 0 heterocycles. The Hall–Kier alpha value is -1.83. The predicted octanol–water partition coefficient (Wildman–Crippen LogP) is 2.76. The van der Waals surface area contributed by atoms with Crippen LogP contribution in [0.5, 0.6) is 11.5 Å². The van der Waals surface area contributed by atoms with Crippen molar-refractivity contribution in [2.75, 3.05) is 12.8 Å². The van der Waals surface area contributed by atoms with Gasteiger partial charge in [-0.15, -0.1) is 0 Å². The zero-order chi connectivity index (χ0) is 15.6. The summed E-state index contributed by atoms with van der Waals surface area (Å²) in [5, 5.41) is 0.0977. The van der Waals surface area contributed by atoms with Gasteiger partial charge in [-0.2, -0.15) is 0 Å². The molecule has 2 aromatic carbocycles. The summed E-state index contributed by atoms with van der Waals surface area (Å²) in [7, 11) is -2.35. The number of nitrogens with one attached hydrogen (secondary N) is 1. The average Bonchev–Trinajstić information content (AvgIpc) is 2.42. The fourth-order valence-corrected chi connectivity index (χ4v) is 2.67. The molecule has 0 unspecified atom stereocenters. The van der Waals surface area contributed by atoms with E-state index in [1.165, 1.54) is 37.4 Å². The highest BCUT2D eigenvalue weighted by molar-refractivity contribution is 7.89. The summed E-state index contributed by atoms with van der Waals surface area (Å²) in [5.74, 6) is 0.0417. The van der Waals surface area contributed by atoms with E-state index in [1.54, 1.807) is 0 Å². The van der Waals surface area contributed by atoms with Crippen molar-refractivity contribution in [1.82, 2.24) is 4.72 Å². The average molecular weight is 331 g/mol. The third-order valence-electron chi connectivity index (χ3n) is 2.66. The third-order valence-corrected chi connectivity index (χ3v) is 4.44. The summed E-state index contributed by atoms with van der Waals surface area (Å²) in [5.41, 5.74) is 5.73. The molecular weight excluding hydrogens is 319 g/mol. The lowest BCUT2D eigenvalue weighted by Gasteiger charge is -2.10. The number of hydrogen-bond donors (Lipinski definition) is 2. The molecule has 0 spiro atoms. The lowest BCUT2D eigenvalue weighted by atomic mass is 10.3. The molecule has 5 nitrogen and oxygen atoms in total. The van der Waals surface area contributed by atoms with Gasteiger partial charge >= 0.3 is 0 Å². The summed E-state index contributed by atoms with van der Waals surface area (Å²) < 4.78 is 43.9. The van der Waals surface area contributed by atoms with Crippen LogP contribution in [0.1, 0.15) is 0 Å². The normalized spacial score (nSPS) is 11.4. The lowest BCUT2D eigenvalue weighted by Crippen LogP contribution is -2.19. The van der Waals surface area contributed by atoms with E-state index in [9.17, 15) is 12.8 Å². The second-order valence-corrected chi connectivity index (χ2v) is 6.35. The first-order valence-electron chi connectivity index (χ1n) is 5.79. The Balaban J connectivity index is 2.33. The van der Waals surface area contributed by atoms with Crippen LogP contribution < -0.4 is 15.2 Å². The van der Waals surface area contributed by atoms with Crippen LogP contribution in [0.4, 0.5) is 10.1 Å². The highest BCUT2D eigenvalue weighted by atomic mass is 35.5. The van der Waals surface area contributed by atoms with Gasteiger partial charge in [0.25, 0.3) is 0 Å². The van der Waals surface area contributed by atoms with Crippen molar-refractivity contribution in [1.29, 1.82) is 0 Å². The smallest absolute Gasteiger partial charge is 0.242 e. The molecule has 0 radical (unpaired) electrons. The second kappa shape index (κ2) is 5.88. The van der Waals surface area contributed by atoms with E-state index >= 15 is 0 Å². The predicted molar refractivity (Wildman–Crippen MR) is 78.6 cm³/mol. The van der Waals surface area contributed by atoms with Gasteiger partial charge < -0.3 is 10.5 Å². The Kier molecular flexibility index (Phi) is 4.36. The van der Waals surface area contributed by atoms with Gasteiger partial charge in [-0.1, -0.05) is 11.6 Å². The number of anilines is 1. The van der Waals surface area contributed by atoms with Gasteiger partial charge in [-0.25, -0.2) is 17.5 Å². The Morgan fingerprint density at radius 2 is 1.95 bits per heavy atom. The standard InChI is InChI=1S/C13H12ClFN2O3S/c1-17-21(18,19)13-5-3-9(7-11(13)16)20-12-4-2-8(15)6-10(12)14/h2-7,17H,16H2,1H3. The van der Waals surface area contributed by atoms with Crippen molar-refractivity contribution < 1.29 is 17.5 Å². The summed E-state index contributed by atoms with van der Waals surface area (Å²) in [6.07, 6.45) is 0. The minimum Gasteiger partial charge on any atom is -0.456 e. The summed E-state index contributed by atoms with van der Waals surface area (Å²) in [4.78, 5) is -0.0532. The number of benzene rings is 2. The van der Waals surface area contributed by atoms with Gasteiger partial charge in [0.15, 0.2) is 0 Å². The van der Waals surface area contributed by atoms with E-state index in [4.69, 9.17) is 22.1 Å².